The van der Waals surface area contributed by atoms with E-state index < -0.39 is 27.7 Å². The molecule has 2 heterocycles. The zero-order chi connectivity index (χ0) is 21.6. The van der Waals surface area contributed by atoms with Crippen LogP contribution in [0.4, 0.5) is 0 Å². The zero-order valence-electron chi connectivity index (χ0n) is 16.1. The molecule has 1 aromatic carbocycles. The van der Waals surface area contributed by atoms with Crippen molar-refractivity contribution in [1.82, 2.24) is 20.5 Å². The van der Waals surface area contributed by atoms with Crippen molar-refractivity contribution in [3.8, 4) is 0 Å². The molecule has 1 aliphatic rings. The highest BCUT2D eigenvalue weighted by atomic mass is 32.2. The predicted octanol–water partition coefficient (Wildman–Crippen LogP) is 0.645. The number of carbonyl (C=O) groups excluding carboxylic acids is 3. The van der Waals surface area contributed by atoms with E-state index >= 15 is 0 Å². The fraction of sp³-hybridized carbons (Fsp3) is 0.316. The van der Waals surface area contributed by atoms with Gasteiger partial charge in [0.2, 0.25) is 15.9 Å². The molecule has 3 N–H and O–H groups in total. The molecule has 0 atom stereocenters. The number of hydrogen-bond acceptors (Lipinski definition) is 6. The van der Waals surface area contributed by atoms with Crippen LogP contribution in [0, 0.1) is 0 Å². The van der Waals surface area contributed by atoms with Crippen LogP contribution in [-0.2, 0) is 14.8 Å². The molecule has 160 valence electrons. The van der Waals surface area contributed by atoms with Crippen LogP contribution in [0.1, 0.15) is 40.2 Å². The molecule has 1 aliphatic heterocycles. The summed E-state index contributed by atoms with van der Waals surface area (Å²) in [6, 6.07) is 8.58. The van der Waals surface area contributed by atoms with Crippen LogP contribution in [0.25, 0.3) is 0 Å². The lowest BCUT2D eigenvalue weighted by Crippen LogP contribution is -2.42. The first-order valence-corrected chi connectivity index (χ1v) is 10.8. The molecule has 0 aliphatic carbocycles. The largest absolute Gasteiger partial charge is 0.459 e. The van der Waals surface area contributed by atoms with Gasteiger partial charge in [-0.15, -0.1) is 0 Å². The van der Waals surface area contributed by atoms with Crippen LogP contribution in [-0.4, -0.2) is 50.1 Å². The molecule has 0 unspecified atom stereocenters. The predicted molar refractivity (Wildman–Crippen MR) is 106 cm³/mol. The molecule has 0 radical (unpaired) electrons. The first kappa shape index (κ1) is 21.5. The molecule has 1 aromatic heterocycles. The fourth-order valence-corrected chi connectivity index (χ4v) is 4.42. The maximum absolute atomic E-state index is 12.5. The number of hydrogen-bond donors (Lipinski definition) is 3. The van der Waals surface area contributed by atoms with Gasteiger partial charge in [-0.3, -0.25) is 25.2 Å². The third kappa shape index (κ3) is 5.24. The molecule has 1 fully saturated rings. The molecule has 10 nitrogen and oxygen atoms in total. The number of nitrogens with zero attached hydrogens (tertiary/aromatic N) is 1. The minimum Gasteiger partial charge on any atom is -0.459 e. The standard InChI is InChI=1S/C19H22N4O6S/c24-17(9-10-20-19(26)16-4-3-13-29-16)21-22-18(25)14-5-7-15(8-6-14)30(27,28)23-11-1-2-12-23/h3-8,13H,1-2,9-12H2,(H,20,26)(H,21,24)(H,22,25). The third-order valence-corrected chi connectivity index (χ3v) is 6.43. The number of benzene rings is 1. The Morgan fingerprint density at radius 3 is 2.30 bits per heavy atom. The van der Waals surface area contributed by atoms with E-state index in [4.69, 9.17) is 4.42 Å². The molecule has 1 saturated heterocycles. The topological polar surface area (TPSA) is 138 Å². The summed E-state index contributed by atoms with van der Waals surface area (Å²) in [5.74, 6) is -1.40. The maximum atomic E-state index is 12.5. The molecular formula is C19H22N4O6S. The van der Waals surface area contributed by atoms with Crippen molar-refractivity contribution in [3.63, 3.8) is 0 Å². The van der Waals surface area contributed by atoms with E-state index in [0.29, 0.717) is 13.1 Å². The lowest BCUT2D eigenvalue weighted by atomic mass is 10.2. The number of amides is 3. The molecule has 0 spiro atoms. The van der Waals surface area contributed by atoms with E-state index in [1.165, 1.54) is 40.9 Å². The Hall–Kier alpha value is -3.18. The van der Waals surface area contributed by atoms with E-state index in [-0.39, 0.29) is 29.2 Å². The minimum atomic E-state index is -3.55. The normalized spacial score (nSPS) is 14.3. The van der Waals surface area contributed by atoms with Gasteiger partial charge in [-0.1, -0.05) is 0 Å². The number of rotatable bonds is 7. The maximum Gasteiger partial charge on any atom is 0.286 e. The Morgan fingerprint density at radius 2 is 1.67 bits per heavy atom. The van der Waals surface area contributed by atoms with E-state index in [9.17, 15) is 22.8 Å². The number of sulfonamides is 1. The summed E-state index contributed by atoms with van der Waals surface area (Å²) in [6.07, 6.45) is 2.99. The summed E-state index contributed by atoms with van der Waals surface area (Å²) in [5.41, 5.74) is 4.68. The second kappa shape index (κ2) is 9.55. The number of hydrazine groups is 1. The average Bonchev–Trinajstić information content (AvgIpc) is 3.46. The monoisotopic (exact) mass is 434 g/mol. The molecule has 11 heteroatoms. The number of nitrogens with one attached hydrogen (secondary N) is 3. The van der Waals surface area contributed by atoms with Crippen LogP contribution in [0.3, 0.4) is 0 Å². The Morgan fingerprint density at radius 1 is 0.967 bits per heavy atom. The van der Waals surface area contributed by atoms with Crippen LogP contribution in [0.2, 0.25) is 0 Å². The van der Waals surface area contributed by atoms with Gasteiger partial charge < -0.3 is 9.73 Å². The quantitative estimate of drug-likeness (QED) is 0.547. The van der Waals surface area contributed by atoms with E-state index in [2.05, 4.69) is 16.2 Å². The van der Waals surface area contributed by atoms with Crippen LogP contribution >= 0.6 is 0 Å². The van der Waals surface area contributed by atoms with Gasteiger partial charge in [0.1, 0.15) is 0 Å². The summed E-state index contributed by atoms with van der Waals surface area (Å²) in [7, 11) is -3.55. The lowest BCUT2D eigenvalue weighted by molar-refractivity contribution is -0.121. The van der Waals surface area contributed by atoms with Crippen molar-refractivity contribution >= 4 is 27.7 Å². The second-order valence-corrected chi connectivity index (χ2v) is 8.56. The van der Waals surface area contributed by atoms with Crippen LogP contribution in [0.15, 0.2) is 52.0 Å². The van der Waals surface area contributed by atoms with E-state index in [0.717, 1.165) is 12.8 Å². The van der Waals surface area contributed by atoms with Gasteiger partial charge in [-0.2, -0.15) is 4.31 Å². The van der Waals surface area contributed by atoms with Gasteiger partial charge in [-0.25, -0.2) is 8.42 Å². The van der Waals surface area contributed by atoms with Gasteiger partial charge in [0.15, 0.2) is 5.76 Å². The van der Waals surface area contributed by atoms with Gasteiger partial charge in [0, 0.05) is 31.6 Å². The molecule has 0 saturated carbocycles. The van der Waals surface area contributed by atoms with Crippen molar-refractivity contribution in [2.75, 3.05) is 19.6 Å². The number of carbonyl (C=O) groups is 3. The smallest absolute Gasteiger partial charge is 0.286 e. The van der Waals surface area contributed by atoms with Gasteiger partial charge in [0.25, 0.3) is 11.8 Å². The highest BCUT2D eigenvalue weighted by Crippen LogP contribution is 2.21. The Bertz CT molecular complexity index is 996. The Balaban J connectivity index is 1.44. The summed E-state index contributed by atoms with van der Waals surface area (Å²) in [5, 5.41) is 2.51. The van der Waals surface area contributed by atoms with Crippen molar-refractivity contribution in [2.45, 2.75) is 24.2 Å². The van der Waals surface area contributed by atoms with Crippen molar-refractivity contribution < 1.29 is 27.2 Å². The third-order valence-electron chi connectivity index (χ3n) is 4.52. The summed E-state index contributed by atoms with van der Waals surface area (Å²) >= 11 is 0. The molecule has 30 heavy (non-hydrogen) atoms. The highest BCUT2D eigenvalue weighted by Gasteiger charge is 2.27. The second-order valence-electron chi connectivity index (χ2n) is 6.62. The first-order valence-electron chi connectivity index (χ1n) is 9.39. The summed E-state index contributed by atoms with van der Waals surface area (Å²) in [4.78, 5) is 35.7. The lowest BCUT2D eigenvalue weighted by Gasteiger charge is -2.15. The first-order chi connectivity index (χ1) is 14.4. The van der Waals surface area contributed by atoms with E-state index in [1.807, 2.05) is 0 Å². The molecule has 3 amide bonds. The van der Waals surface area contributed by atoms with Gasteiger partial charge in [0.05, 0.1) is 11.2 Å². The fourth-order valence-electron chi connectivity index (χ4n) is 2.90. The average molecular weight is 434 g/mol. The summed E-state index contributed by atoms with van der Waals surface area (Å²) < 4.78 is 31.3. The Labute approximate surface area is 173 Å². The van der Waals surface area contributed by atoms with Gasteiger partial charge in [-0.05, 0) is 49.2 Å². The minimum absolute atomic E-state index is 0.0558. The van der Waals surface area contributed by atoms with Gasteiger partial charge >= 0.3 is 0 Å². The SMILES string of the molecule is O=C(CCNC(=O)c1ccco1)NNC(=O)c1ccc(S(=O)(=O)N2CCCC2)cc1. The Kier molecular flexibility index (Phi) is 6.85. The van der Waals surface area contributed by atoms with Crippen molar-refractivity contribution in [3.05, 3.63) is 54.0 Å². The van der Waals surface area contributed by atoms with Crippen LogP contribution in [0.5, 0.6) is 0 Å². The van der Waals surface area contributed by atoms with Crippen molar-refractivity contribution in [2.24, 2.45) is 0 Å². The molecule has 2 aromatic rings. The van der Waals surface area contributed by atoms with E-state index in [1.54, 1.807) is 6.07 Å². The number of furan rings is 1. The molecule has 3 rings (SSSR count). The molecule has 0 bridgehead atoms. The molecular weight excluding hydrogens is 412 g/mol. The van der Waals surface area contributed by atoms with Crippen LogP contribution < -0.4 is 16.2 Å². The highest BCUT2D eigenvalue weighted by molar-refractivity contribution is 7.89. The van der Waals surface area contributed by atoms with Crippen molar-refractivity contribution in [1.29, 1.82) is 0 Å². The summed E-state index contributed by atoms with van der Waals surface area (Å²) in [6.45, 7) is 1.06. The zero-order valence-corrected chi connectivity index (χ0v) is 16.9.